The van der Waals surface area contributed by atoms with E-state index in [2.05, 4.69) is 21.2 Å². The van der Waals surface area contributed by atoms with Crippen molar-refractivity contribution in [3.8, 4) is 23.1 Å². The highest BCUT2D eigenvalue weighted by Gasteiger charge is 2.28. The average molecular weight is 350 g/mol. The summed E-state index contributed by atoms with van der Waals surface area (Å²) in [5, 5.41) is 28.4. The minimum absolute atomic E-state index is 0.0768. The molecule has 0 unspecified atom stereocenters. The lowest BCUT2D eigenvalue weighted by Gasteiger charge is -2.38. The molecule has 6 heteroatoms. The first-order valence-corrected chi connectivity index (χ1v) is 9.12. The number of ether oxygens (including phenoxy) is 1. The van der Waals surface area contributed by atoms with Crippen molar-refractivity contribution >= 4 is 5.82 Å². The second-order valence-electron chi connectivity index (χ2n) is 7.02. The maximum atomic E-state index is 10.4. The highest BCUT2D eigenvalue weighted by Crippen LogP contribution is 2.36. The molecule has 0 aliphatic carbocycles. The third kappa shape index (κ3) is 2.99. The van der Waals surface area contributed by atoms with E-state index in [1.807, 2.05) is 13.0 Å². The number of phenols is 1. The molecule has 0 radical (unpaired) electrons. The number of benzene rings is 1. The van der Waals surface area contributed by atoms with Crippen molar-refractivity contribution in [1.29, 1.82) is 5.26 Å². The van der Waals surface area contributed by atoms with Crippen LogP contribution in [0.4, 0.5) is 5.82 Å². The number of aryl methyl sites for hydroxylation is 2. The second kappa shape index (κ2) is 6.93. The van der Waals surface area contributed by atoms with Crippen molar-refractivity contribution in [2.24, 2.45) is 0 Å². The first-order chi connectivity index (χ1) is 12.7. The molecule has 0 bridgehead atoms. The highest BCUT2D eigenvalue weighted by atomic mass is 16.5. The van der Waals surface area contributed by atoms with Crippen LogP contribution in [0.3, 0.4) is 0 Å². The van der Waals surface area contributed by atoms with E-state index >= 15 is 0 Å². The van der Waals surface area contributed by atoms with Crippen LogP contribution in [0.2, 0.25) is 0 Å². The number of aromatic hydroxyl groups is 1. The number of nitrogens with zero attached hydrogens (tertiary/aromatic N) is 4. The highest BCUT2D eigenvalue weighted by molar-refractivity contribution is 5.73. The first-order valence-electron chi connectivity index (χ1n) is 9.12. The van der Waals surface area contributed by atoms with Crippen LogP contribution in [0, 0.1) is 18.3 Å². The van der Waals surface area contributed by atoms with Gasteiger partial charge in [0.25, 0.3) is 0 Å². The summed E-state index contributed by atoms with van der Waals surface area (Å²) < 4.78 is 5.49. The Morgan fingerprint density at radius 2 is 2.04 bits per heavy atom. The van der Waals surface area contributed by atoms with Gasteiger partial charge in [-0.05, 0) is 61.9 Å². The van der Waals surface area contributed by atoms with Crippen LogP contribution in [0.1, 0.15) is 36.0 Å². The van der Waals surface area contributed by atoms with Crippen molar-refractivity contribution in [3.05, 3.63) is 34.9 Å². The second-order valence-corrected chi connectivity index (χ2v) is 7.02. The number of rotatable bonds is 2. The lowest BCUT2D eigenvalue weighted by Crippen LogP contribution is -2.43. The Bertz CT molecular complexity index is 846. The summed E-state index contributed by atoms with van der Waals surface area (Å²) in [7, 11) is 0. The Kier molecular flexibility index (Phi) is 4.48. The van der Waals surface area contributed by atoms with Crippen LogP contribution >= 0.6 is 0 Å². The topological polar surface area (TPSA) is 82.3 Å². The molecular weight excluding hydrogens is 328 g/mol. The van der Waals surface area contributed by atoms with Gasteiger partial charge in [0.2, 0.25) is 0 Å². The molecule has 0 amide bonds. The van der Waals surface area contributed by atoms with Gasteiger partial charge < -0.3 is 14.7 Å². The van der Waals surface area contributed by atoms with E-state index in [0.29, 0.717) is 22.9 Å². The van der Waals surface area contributed by atoms with Crippen LogP contribution in [-0.2, 0) is 11.2 Å². The monoisotopic (exact) mass is 350 g/mol. The van der Waals surface area contributed by atoms with Crippen molar-refractivity contribution in [3.63, 3.8) is 0 Å². The Morgan fingerprint density at radius 3 is 2.77 bits per heavy atom. The fraction of sp³-hybridized carbons (Fsp3) is 0.450. The maximum absolute atomic E-state index is 10.4. The van der Waals surface area contributed by atoms with Crippen LogP contribution in [-0.4, -0.2) is 41.1 Å². The van der Waals surface area contributed by atoms with Crippen molar-refractivity contribution < 1.29 is 9.84 Å². The summed E-state index contributed by atoms with van der Waals surface area (Å²) in [6.07, 6.45) is 4.11. The third-order valence-electron chi connectivity index (χ3n) is 5.30. The Balaban J connectivity index is 1.71. The van der Waals surface area contributed by atoms with Crippen LogP contribution in [0.25, 0.3) is 11.3 Å². The van der Waals surface area contributed by atoms with E-state index < -0.39 is 0 Å². The van der Waals surface area contributed by atoms with Crippen LogP contribution in [0.5, 0.6) is 5.75 Å². The largest absolute Gasteiger partial charge is 0.507 e. The van der Waals surface area contributed by atoms with E-state index in [0.717, 1.165) is 56.8 Å². The van der Waals surface area contributed by atoms with E-state index in [-0.39, 0.29) is 5.75 Å². The van der Waals surface area contributed by atoms with Crippen molar-refractivity contribution in [2.75, 3.05) is 24.7 Å². The maximum Gasteiger partial charge on any atom is 0.154 e. The van der Waals surface area contributed by atoms with Gasteiger partial charge in [-0.3, -0.25) is 0 Å². The van der Waals surface area contributed by atoms with Crippen LogP contribution < -0.4 is 4.90 Å². The molecule has 0 spiro atoms. The molecular formula is C20H22N4O2. The SMILES string of the molecule is Cc1cc(C#N)cc(O)c1-c1cc2c(nn1)N(C1CCOCC1)CCC2. The molecule has 1 N–H and O–H groups in total. The summed E-state index contributed by atoms with van der Waals surface area (Å²) >= 11 is 0. The standard InChI is InChI=1S/C20H22N4O2/c1-13-9-14(12-21)10-18(25)19(13)17-11-15-3-2-6-24(20(15)23-22-17)16-4-7-26-8-5-16/h9-11,16,25H,2-8H2,1H3. The van der Waals surface area contributed by atoms with Crippen molar-refractivity contribution in [1.82, 2.24) is 10.2 Å². The predicted molar refractivity (Wildman–Crippen MR) is 98.1 cm³/mol. The number of fused-ring (bicyclic) bond motifs is 1. The Hall–Kier alpha value is -2.65. The molecule has 2 aliphatic heterocycles. The molecule has 6 nitrogen and oxygen atoms in total. The molecule has 1 aromatic carbocycles. The number of hydrogen-bond donors (Lipinski definition) is 1. The Morgan fingerprint density at radius 1 is 1.23 bits per heavy atom. The zero-order chi connectivity index (χ0) is 18.1. The number of aromatic nitrogens is 2. The molecule has 1 aromatic heterocycles. The number of nitriles is 1. The lowest BCUT2D eigenvalue weighted by molar-refractivity contribution is 0.0839. The zero-order valence-electron chi connectivity index (χ0n) is 14.9. The van der Waals surface area contributed by atoms with Gasteiger partial charge in [0.05, 0.1) is 17.3 Å². The molecule has 0 atom stereocenters. The van der Waals surface area contributed by atoms with E-state index in [1.165, 1.54) is 11.6 Å². The quantitative estimate of drug-likeness (QED) is 0.897. The summed E-state index contributed by atoms with van der Waals surface area (Å²) in [6, 6.07) is 7.83. The number of hydrogen-bond acceptors (Lipinski definition) is 6. The smallest absolute Gasteiger partial charge is 0.154 e. The van der Waals surface area contributed by atoms with E-state index in [4.69, 9.17) is 10.00 Å². The van der Waals surface area contributed by atoms with Crippen molar-refractivity contribution in [2.45, 2.75) is 38.6 Å². The van der Waals surface area contributed by atoms with Gasteiger partial charge in [0.15, 0.2) is 5.82 Å². The molecule has 26 heavy (non-hydrogen) atoms. The van der Waals surface area contributed by atoms with Gasteiger partial charge in [-0.25, -0.2) is 0 Å². The molecule has 2 aliphatic rings. The average Bonchev–Trinajstić information content (AvgIpc) is 2.67. The zero-order valence-corrected chi connectivity index (χ0v) is 14.9. The number of phenolic OH excluding ortho intramolecular Hbond substituents is 1. The summed E-state index contributed by atoms with van der Waals surface area (Å²) in [6.45, 7) is 4.50. The molecule has 1 saturated heterocycles. The van der Waals surface area contributed by atoms with Gasteiger partial charge in [0.1, 0.15) is 5.75 Å². The first kappa shape index (κ1) is 16.8. The third-order valence-corrected chi connectivity index (χ3v) is 5.30. The number of anilines is 1. The summed E-state index contributed by atoms with van der Waals surface area (Å²) in [5.74, 6) is 1.05. The summed E-state index contributed by atoms with van der Waals surface area (Å²) in [5.41, 5.74) is 3.77. The lowest BCUT2D eigenvalue weighted by atomic mass is 9.97. The molecule has 0 saturated carbocycles. The minimum Gasteiger partial charge on any atom is -0.507 e. The van der Waals surface area contributed by atoms with Gasteiger partial charge in [-0.1, -0.05) is 0 Å². The predicted octanol–water partition coefficient (Wildman–Crippen LogP) is 2.96. The molecule has 4 rings (SSSR count). The molecule has 134 valence electrons. The van der Waals surface area contributed by atoms with Gasteiger partial charge in [-0.2, -0.15) is 5.26 Å². The molecule has 1 fully saturated rings. The molecule has 3 heterocycles. The van der Waals surface area contributed by atoms with Gasteiger partial charge in [-0.15, -0.1) is 10.2 Å². The van der Waals surface area contributed by atoms with Gasteiger partial charge in [0, 0.05) is 31.4 Å². The van der Waals surface area contributed by atoms with Gasteiger partial charge >= 0.3 is 0 Å². The normalized spacial score (nSPS) is 17.6. The summed E-state index contributed by atoms with van der Waals surface area (Å²) in [4.78, 5) is 2.38. The fourth-order valence-electron chi connectivity index (χ4n) is 4.04. The fourth-order valence-corrected chi connectivity index (χ4v) is 4.04. The van der Waals surface area contributed by atoms with Crippen LogP contribution in [0.15, 0.2) is 18.2 Å². The molecule has 2 aromatic rings. The minimum atomic E-state index is 0.0768. The van der Waals surface area contributed by atoms with E-state index in [9.17, 15) is 5.11 Å². The van der Waals surface area contributed by atoms with E-state index in [1.54, 1.807) is 6.07 Å². The Labute approximate surface area is 153 Å².